The van der Waals surface area contributed by atoms with E-state index in [2.05, 4.69) is 26.2 Å². The van der Waals surface area contributed by atoms with E-state index in [-0.39, 0.29) is 0 Å². The first-order chi connectivity index (χ1) is 8.06. The highest BCUT2D eigenvalue weighted by atomic mass is 79.9. The topological polar surface area (TPSA) is 50.9 Å². The van der Waals surface area contributed by atoms with E-state index in [0.717, 1.165) is 15.7 Å². The van der Waals surface area contributed by atoms with Gasteiger partial charge in [-0.1, -0.05) is 11.6 Å². The van der Waals surface area contributed by atoms with Crippen molar-refractivity contribution in [3.63, 3.8) is 0 Å². The van der Waals surface area contributed by atoms with Crippen molar-refractivity contribution in [2.75, 3.05) is 11.1 Å². The quantitative estimate of drug-likeness (QED) is 0.876. The smallest absolute Gasteiger partial charge is 0.153 e. The fraction of sp³-hybridized carbons (Fsp3) is 0.0833. The maximum Gasteiger partial charge on any atom is 0.153 e. The molecule has 0 bridgehead atoms. The molecule has 0 spiro atoms. The average Bonchev–Trinajstić information content (AvgIpc) is 2.25. The van der Waals surface area contributed by atoms with E-state index < -0.39 is 0 Å². The lowest BCUT2D eigenvalue weighted by Gasteiger charge is -2.11. The van der Waals surface area contributed by atoms with Crippen LogP contribution < -0.4 is 11.1 Å². The van der Waals surface area contributed by atoms with E-state index in [1.807, 2.05) is 25.1 Å². The summed E-state index contributed by atoms with van der Waals surface area (Å²) < 4.78 is 0.855. The number of hydrogen-bond acceptors (Lipinski definition) is 3. The Morgan fingerprint density at radius 1 is 1.35 bits per heavy atom. The molecule has 5 heteroatoms. The minimum atomic E-state index is 0.591. The predicted octanol–water partition coefficient (Wildman–Crippen LogP) is 4.13. The molecule has 0 saturated carbocycles. The number of benzene rings is 1. The maximum atomic E-state index is 5.90. The van der Waals surface area contributed by atoms with Gasteiger partial charge in [-0.3, -0.25) is 0 Å². The maximum absolute atomic E-state index is 5.90. The lowest BCUT2D eigenvalue weighted by molar-refractivity contribution is 1.29. The third-order valence-corrected chi connectivity index (χ3v) is 2.99. The van der Waals surface area contributed by atoms with Gasteiger partial charge in [-0.05, 0) is 52.7 Å². The summed E-state index contributed by atoms with van der Waals surface area (Å²) in [5, 5.41) is 3.89. The number of nitrogen functional groups attached to an aromatic ring is 1. The molecule has 0 atom stereocenters. The molecule has 88 valence electrons. The highest BCUT2D eigenvalue weighted by Crippen LogP contribution is 2.26. The minimum absolute atomic E-state index is 0.591. The summed E-state index contributed by atoms with van der Waals surface area (Å²) in [6.07, 6.45) is 1.70. The van der Waals surface area contributed by atoms with E-state index in [1.54, 1.807) is 12.3 Å². The van der Waals surface area contributed by atoms with Crippen LogP contribution >= 0.6 is 27.5 Å². The van der Waals surface area contributed by atoms with Gasteiger partial charge in [-0.2, -0.15) is 0 Å². The van der Waals surface area contributed by atoms with Crippen LogP contribution in [-0.2, 0) is 0 Å². The molecular weight excluding hydrogens is 302 g/mol. The molecular formula is C12H11BrClN3. The Bertz CT molecular complexity index is 508. The zero-order chi connectivity index (χ0) is 12.4. The lowest BCUT2D eigenvalue weighted by Crippen LogP contribution is -2.00. The highest BCUT2D eigenvalue weighted by Gasteiger charge is 2.04. The Balaban J connectivity index is 2.31. The Morgan fingerprint density at radius 3 is 2.76 bits per heavy atom. The van der Waals surface area contributed by atoms with E-state index in [9.17, 15) is 0 Å². The fourth-order valence-electron chi connectivity index (χ4n) is 1.45. The summed E-state index contributed by atoms with van der Waals surface area (Å²) in [5.41, 5.74) is 8.44. The Labute approximate surface area is 113 Å². The monoisotopic (exact) mass is 311 g/mol. The molecule has 0 unspecified atom stereocenters. The Kier molecular flexibility index (Phi) is 3.54. The molecule has 1 aromatic heterocycles. The van der Waals surface area contributed by atoms with Crippen LogP contribution in [0.5, 0.6) is 0 Å². The zero-order valence-electron chi connectivity index (χ0n) is 9.17. The molecule has 3 N–H and O–H groups in total. The van der Waals surface area contributed by atoms with Crippen molar-refractivity contribution in [3.8, 4) is 0 Å². The summed E-state index contributed by atoms with van der Waals surface area (Å²) in [5.74, 6) is 0.638. The second-order valence-electron chi connectivity index (χ2n) is 3.68. The van der Waals surface area contributed by atoms with Crippen molar-refractivity contribution < 1.29 is 0 Å². The van der Waals surface area contributed by atoms with Gasteiger partial charge in [0.15, 0.2) is 5.82 Å². The predicted molar refractivity (Wildman–Crippen MR) is 75.8 cm³/mol. The number of aromatic nitrogens is 1. The van der Waals surface area contributed by atoms with Crippen molar-refractivity contribution in [3.05, 3.63) is 45.5 Å². The van der Waals surface area contributed by atoms with Crippen molar-refractivity contribution in [2.45, 2.75) is 6.92 Å². The molecule has 0 fully saturated rings. The molecule has 1 heterocycles. The third-order valence-electron chi connectivity index (χ3n) is 2.33. The van der Waals surface area contributed by atoms with E-state index >= 15 is 0 Å². The molecule has 2 rings (SSSR count). The number of halogens is 2. The first-order valence-corrected chi connectivity index (χ1v) is 6.17. The summed E-state index contributed by atoms with van der Waals surface area (Å²) in [4.78, 5) is 4.22. The number of rotatable bonds is 2. The zero-order valence-corrected chi connectivity index (χ0v) is 11.5. The second-order valence-corrected chi connectivity index (χ2v) is 5.03. The molecule has 0 aliphatic carbocycles. The number of aryl methyl sites for hydroxylation is 1. The molecule has 0 saturated heterocycles. The lowest BCUT2D eigenvalue weighted by atomic mass is 10.2. The van der Waals surface area contributed by atoms with E-state index in [1.165, 1.54) is 0 Å². The first kappa shape index (κ1) is 12.2. The second kappa shape index (κ2) is 4.94. The Morgan fingerprint density at radius 2 is 2.12 bits per heavy atom. The van der Waals surface area contributed by atoms with Gasteiger partial charge in [0.1, 0.15) is 0 Å². The normalized spacial score (nSPS) is 10.3. The van der Waals surface area contributed by atoms with Gasteiger partial charge in [0.25, 0.3) is 0 Å². The number of nitrogens with two attached hydrogens (primary N) is 1. The molecule has 2 aromatic rings. The van der Waals surface area contributed by atoms with Gasteiger partial charge in [0.05, 0.1) is 5.69 Å². The van der Waals surface area contributed by atoms with Crippen LogP contribution in [0.25, 0.3) is 0 Å². The SMILES string of the molecule is Cc1cc(Cl)ccc1Nc1ncc(Br)cc1N. The van der Waals surface area contributed by atoms with Crippen LogP contribution in [0.3, 0.4) is 0 Å². The summed E-state index contributed by atoms with van der Waals surface area (Å²) >= 11 is 9.22. The van der Waals surface area contributed by atoms with Crippen LogP contribution in [0.2, 0.25) is 5.02 Å². The van der Waals surface area contributed by atoms with Crippen LogP contribution in [-0.4, -0.2) is 4.98 Å². The van der Waals surface area contributed by atoms with Crippen LogP contribution in [0, 0.1) is 6.92 Å². The highest BCUT2D eigenvalue weighted by molar-refractivity contribution is 9.10. The number of anilines is 3. The standard InChI is InChI=1S/C12H11BrClN3/c1-7-4-9(14)2-3-11(7)17-12-10(15)5-8(13)6-16-12/h2-6H,15H2,1H3,(H,16,17). The fourth-order valence-corrected chi connectivity index (χ4v) is 2.03. The van der Waals surface area contributed by atoms with E-state index in [0.29, 0.717) is 16.5 Å². The molecule has 0 aliphatic heterocycles. The van der Waals surface area contributed by atoms with Crippen LogP contribution in [0.1, 0.15) is 5.56 Å². The van der Waals surface area contributed by atoms with Gasteiger partial charge < -0.3 is 11.1 Å². The van der Waals surface area contributed by atoms with Gasteiger partial charge in [0.2, 0.25) is 0 Å². The van der Waals surface area contributed by atoms with Crippen molar-refractivity contribution in [1.29, 1.82) is 0 Å². The number of hydrogen-bond donors (Lipinski definition) is 2. The molecule has 1 aromatic carbocycles. The van der Waals surface area contributed by atoms with Crippen molar-refractivity contribution >= 4 is 44.7 Å². The van der Waals surface area contributed by atoms with Gasteiger partial charge >= 0.3 is 0 Å². The van der Waals surface area contributed by atoms with Gasteiger partial charge in [0, 0.05) is 21.4 Å². The van der Waals surface area contributed by atoms with Gasteiger partial charge in [-0.15, -0.1) is 0 Å². The minimum Gasteiger partial charge on any atom is -0.396 e. The van der Waals surface area contributed by atoms with Crippen molar-refractivity contribution in [2.24, 2.45) is 0 Å². The van der Waals surface area contributed by atoms with Gasteiger partial charge in [-0.25, -0.2) is 4.98 Å². The molecule has 17 heavy (non-hydrogen) atoms. The van der Waals surface area contributed by atoms with Crippen molar-refractivity contribution in [1.82, 2.24) is 4.98 Å². The van der Waals surface area contributed by atoms with Crippen LogP contribution in [0.4, 0.5) is 17.2 Å². The third kappa shape index (κ3) is 2.90. The average molecular weight is 313 g/mol. The molecule has 0 amide bonds. The number of pyridine rings is 1. The molecule has 3 nitrogen and oxygen atoms in total. The number of nitrogens with zero attached hydrogens (tertiary/aromatic N) is 1. The van der Waals surface area contributed by atoms with Crippen LogP contribution in [0.15, 0.2) is 34.9 Å². The summed E-state index contributed by atoms with van der Waals surface area (Å²) in [7, 11) is 0. The number of nitrogens with one attached hydrogen (secondary N) is 1. The first-order valence-electron chi connectivity index (χ1n) is 5.00. The molecule has 0 radical (unpaired) electrons. The van der Waals surface area contributed by atoms with E-state index in [4.69, 9.17) is 17.3 Å². The Hall–Kier alpha value is -1.26. The summed E-state index contributed by atoms with van der Waals surface area (Å²) in [6.45, 7) is 1.98. The largest absolute Gasteiger partial charge is 0.396 e. The molecule has 0 aliphatic rings. The summed E-state index contributed by atoms with van der Waals surface area (Å²) in [6, 6.07) is 7.42.